The van der Waals surface area contributed by atoms with Crippen LogP contribution in [0.4, 0.5) is 0 Å². The van der Waals surface area contributed by atoms with Gasteiger partial charge in [-0.2, -0.15) is 0 Å². The van der Waals surface area contributed by atoms with E-state index in [2.05, 4.69) is 4.99 Å². The lowest BCUT2D eigenvalue weighted by Gasteiger charge is -2.09. The highest BCUT2D eigenvalue weighted by Crippen LogP contribution is 2.30. The molecule has 0 bridgehead atoms. The van der Waals surface area contributed by atoms with Gasteiger partial charge in [-0.25, -0.2) is 4.99 Å². The quantitative estimate of drug-likeness (QED) is 0.485. The molecule has 94 valence electrons. The van der Waals surface area contributed by atoms with Gasteiger partial charge in [0.05, 0.1) is 13.2 Å². The monoisotopic (exact) mass is 347 g/mol. The largest absolute Gasteiger partial charge is 0.493 e. The molecule has 2 rings (SSSR count). The van der Waals surface area contributed by atoms with Gasteiger partial charge in [-0.05, 0) is 24.8 Å². The predicted octanol–water partition coefficient (Wildman–Crippen LogP) is 1.87. The Labute approximate surface area is 118 Å². The zero-order chi connectivity index (χ0) is 11.4. The molecule has 1 saturated carbocycles. The van der Waals surface area contributed by atoms with E-state index in [-0.39, 0.29) is 29.9 Å². The molecule has 0 aromatic heterocycles. The van der Waals surface area contributed by atoms with E-state index in [4.69, 9.17) is 16.2 Å². The molecule has 0 saturated heterocycles. The lowest BCUT2D eigenvalue weighted by atomic mass is 10.2. The average molecular weight is 347 g/mol. The highest BCUT2D eigenvalue weighted by atomic mass is 127. The second kappa shape index (κ2) is 6.68. The van der Waals surface area contributed by atoms with Crippen molar-refractivity contribution in [3.63, 3.8) is 0 Å². The Morgan fingerprint density at radius 1 is 1.29 bits per heavy atom. The van der Waals surface area contributed by atoms with E-state index in [1.807, 2.05) is 24.3 Å². The molecule has 0 aliphatic heterocycles. The van der Waals surface area contributed by atoms with Crippen LogP contribution >= 0.6 is 24.0 Å². The molecule has 0 heterocycles. The van der Waals surface area contributed by atoms with Crippen molar-refractivity contribution in [3.8, 4) is 5.75 Å². The van der Waals surface area contributed by atoms with Gasteiger partial charge in [0.2, 0.25) is 0 Å². The third-order valence-electron chi connectivity index (χ3n) is 2.58. The van der Waals surface area contributed by atoms with Crippen LogP contribution in [-0.4, -0.2) is 12.6 Å². The molecule has 0 unspecified atom stereocenters. The van der Waals surface area contributed by atoms with Gasteiger partial charge in [-0.15, -0.1) is 24.0 Å². The van der Waals surface area contributed by atoms with E-state index in [0.717, 1.165) is 23.8 Å². The zero-order valence-electron chi connectivity index (χ0n) is 9.63. The van der Waals surface area contributed by atoms with Crippen LogP contribution in [0.1, 0.15) is 18.4 Å². The number of guanidine groups is 1. The molecule has 17 heavy (non-hydrogen) atoms. The Bertz CT molecular complexity index is 387. The van der Waals surface area contributed by atoms with Gasteiger partial charge in [-0.3, -0.25) is 0 Å². The topological polar surface area (TPSA) is 73.6 Å². The highest BCUT2D eigenvalue weighted by molar-refractivity contribution is 14.0. The Hall–Kier alpha value is -0.980. The molecule has 1 fully saturated rings. The van der Waals surface area contributed by atoms with Gasteiger partial charge in [-0.1, -0.05) is 18.2 Å². The minimum Gasteiger partial charge on any atom is -0.493 e. The molecule has 0 amide bonds. The van der Waals surface area contributed by atoms with Crippen molar-refractivity contribution in [2.24, 2.45) is 22.4 Å². The number of hydrogen-bond donors (Lipinski definition) is 2. The molecule has 0 radical (unpaired) electrons. The summed E-state index contributed by atoms with van der Waals surface area (Å²) in [6.07, 6.45) is 2.58. The summed E-state index contributed by atoms with van der Waals surface area (Å²) in [5.74, 6) is 1.74. The fraction of sp³-hybridized carbons (Fsp3) is 0.417. The van der Waals surface area contributed by atoms with Crippen molar-refractivity contribution < 1.29 is 4.74 Å². The van der Waals surface area contributed by atoms with E-state index in [1.165, 1.54) is 12.8 Å². The van der Waals surface area contributed by atoms with Gasteiger partial charge >= 0.3 is 0 Å². The van der Waals surface area contributed by atoms with E-state index < -0.39 is 0 Å². The number of nitrogens with two attached hydrogens (primary N) is 2. The summed E-state index contributed by atoms with van der Waals surface area (Å²) in [5.41, 5.74) is 11.6. The van der Waals surface area contributed by atoms with Gasteiger partial charge < -0.3 is 16.2 Å². The normalized spacial score (nSPS) is 13.6. The Morgan fingerprint density at radius 3 is 2.65 bits per heavy atom. The number of halogens is 1. The number of aliphatic imine (C=N–C) groups is 1. The minimum absolute atomic E-state index is 0. The molecule has 4 N–H and O–H groups in total. The first-order valence-electron chi connectivity index (χ1n) is 5.52. The molecular weight excluding hydrogens is 329 g/mol. The van der Waals surface area contributed by atoms with Gasteiger partial charge in [0.25, 0.3) is 0 Å². The number of hydrogen-bond acceptors (Lipinski definition) is 2. The Balaban J connectivity index is 0.00000144. The summed E-state index contributed by atoms with van der Waals surface area (Å²) in [7, 11) is 0. The van der Waals surface area contributed by atoms with Crippen LogP contribution in [0.15, 0.2) is 29.3 Å². The Kier molecular flexibility index (Phi) is 5.54. The lowest BCUT2D eigenvalue weighted by Crippen LogP contribution is -2.22. The number of rotatable bonds is 5. The molecule has 1 aromatic rings. The summed E-state index contributed by atoms with van der Waals surface area (Å²) < 4.78 is 5.74. The summed E-state index contributed by atoms with van der Waals surface area (Å²) in [5, 5.41) is 0. The number of benzene rings is 1. The number of ether oxygens (including phenoxy) is 1. The number of para-hydroxylation sites is 1. The smallest absolute Gasteiger partial charge is 0.186 e. The third-order valence-corrected chi connectivity index (χ3v) is 2.58. The van der Waals surface area contributed by atoms with Crippen molar-refractivity contribution in [2.75, 3.05) is 6.61 Å². The van der Waals surface area contributed by atoms with Crippen LogP contribution in [0.3, 0.4) is 0 Å². The predicted molar refractivity (Wildman–Crippen MR) is 79.6 cm³/mol. The van der Waals surface area contributed by atoms with E-state index in [9.17, 15) is 0 Å². The maximum absolute atomic E-state index is 5.74. The zero-order valence-corrected chi connectivity index (χ0v) is 12.0. The van der Waals surface area contributed by atoms with E-state index in [0.29, 0.717) is 6.54 Å². The van der Waals surface area contributed by atoms with Crippen molar-refractivity contribution in [2.45, 2.75) is 19.4 Å². The molecule has 5 heteroatoms. The van der Waals surface area contributed by atoms with E-state index >= 15 is 0 Å². The first-order chi connectivity index (χ1) is 7.75. The second-order valence-corrected chi connectivity index (χ2v) is 4.10. The minimum atomic E-state index is 0. The fourth-order valence-electron chi connectivity index (χ4n) is 1.44. The summed E-state index contributed by atoms with van der Waals surface area (Å²) >= 11 is 0. The Morgan fingerprint density at radius 2 is 2.00 bits per heavy atom. The van der Waals surface area contributed by atoms with Crippen molar-refractivity contribution in [1.29, 1.82) is 0 Å². The van der Waals surface area contributed by atoms with Crippen molar-refractivity contribution in [3.05, 3.63) is 29.8 Å². The summed E-state index contributed by atoms with van der Waals surface area (Å²) in [4.78, 5) is 3.99. The number of nitrogens with zero attached hydrogens (tertiary/aromatic N) is 1. The van der Waals surface area contributed by atoms with Crippen LogP contribution in [-0.2, 0) is 6.54 Å². The maximum atomic E-state index is 5.74. The standard InChI is InChI=1S/C12H17N3O.HI/c13-12(14)15-7-10-3-1-2-4-11(10)16-8-9-5-6-9;/h1-4,9H,5-8H2,(H4,13,14,15);1H. The van der Waals surface area contributed by atoms with Gasteiger partial charge in [0, 0.05) is 5.56 Å². The molecule has 0 spiro atoms. The molecule has 1 aromatic carbocycles. The van der Waals surface area contributed by atoms with Gasteiger partial charge in [0.15, 0.2) is 5.96 Å². The van der Waals surface area contributed by atoms with Crippen LogP contribution in [0.2, 0.25) is 0 Å². The van der Waals surface area contributed by atoms with Crippen LogP contribution in [0.25, 0.3) is 0 Å². The van der Waals surface area contributed by atoms with Crippen LogP contribution in [0.5, 0.6) is 5.75 Å². The molecule has 0 atom stereocenters. The lowest BCUT2D eigenvalue weighted by molar-refractivity contribution is 0.297. The third kappa shape index (κ3) is 4.80. The molecule has 1 aliphatic carbocycles. The van der Waals surface area contributed by atoms with Gasteiger partial charge in [0.1, 0.15) is 5.75 Å². The maximum Gasteiger partial charge on any atom is 0.186 e. The second-order valence-electron chi connectivity index (χ2n) is 4.10. The average Bonchev–Trinajstić information content (AvgIpc) is 3.08. The molecule has 1 aliphatic rings. The van der Waals surface area contributed by atoms with Crippen molar-refractivity contribution >= 4 is 29.9 Å². The van der Waals surface area contributed by atoms with Crippen molar-refractivity contribution in [1.82, 2.24) is 0 Å². The van der Waals surface area contributed by atoms with Crippen LogP contribution < -0.4 is 16.2 Å². The van der Waals surface area contributed by atoms with Crippen LogP contribution in [0, 0.1) is 5.92 Å². The fourth-order valence-corrected chi connectivity index (χ4v) is 1.44. The highest BCUT2D eigenvalue weighted by Gasteiger charge is 2.22. The first-order valence-corrected chi connectivity index (χ1v) is 5.52. The summed E-state index contributed by atoms with van der Waals surface area (Å²) in [6.45, 7) is 1.28. The summed E-state index contributed by atoms with van der Waals surface area (Å²) in [6, 6.07) is 7.86. The first kappa shape index (κ1) is 14.1. The van der Waals surface area contributed by atoms with E-state index in [1.54, 1.807) is 0 Å². The SMILES string of the molecule is I.NC(N)=NCc1ccccc1OCC1CC1. The molecular formula is C12H18IN3O. The molecule has 4 nitrogen and oxygen atoms in total.